The summed E-state index contributed by atoms with van der Waals surface area (Å²) >= 11 is 0. The van der Waals surface area contributed by atoms with E-state index in [4.69, 9.17) is 4.74 Å². The van der Waals surface area contributed by atoms with Gasteiger partial charge in [-0.2, -0.15) is 0 Å². The monoisotopic (exact) mass is 333 g/mol. The number of hydrogen-bond donors (Lipinski definition) is 2. The Morgan fingerprint density at radius 1 is 1.16 bits per heavy atom. The Balaban J connectivity index is 1.87. The fourth-order valence-electron chi connectivity index (χ4n) is 3.28. The number of carbonyl (C=O) groups is 1. The van der Waals surface area contributed by atoms with Crippen LogP contribution in [-0.2, 0) is 6.42 Å². The Hall–Kier alpha value is -3.08. The average Bonchev–Trinajstić information content (AvgIpc) is 3.02. The first-order valence-corrected chi connectivity index (χ1v) is 8.37. The molecule has 0 fully saturated rings. The van der Waals surface area contributed by atoms with Crippen molar-refractivity contribution < 1.29 is 9.53 Å². The number of methoxy groups -OCH3 is 1. The minimum atomic E-state index is 0.184. The van der Waals surface area contributed by atoms with Gasteiger partial charge in [0.2, 0.25) is 5.88 Å². The quantitative estimate of drug-likeness (QED) is 0.745. The number of nitrogens with zero attached hydrogens (tertiary/aromatic N) is 1. The van der Waals surface area contributed by atoms with Gasteiger partial charge in [0.1, 0.15) is 0 Å². The highest BCUT2D eigenvalue weighted by molar-refractivity contribution is 6.07. The molecule has 1 aliphatic rings. The second-order valence-corrected chi connectivity index (χ2v) is 6.08. The summed E-state index contributed by atoms with van der Waals surface area (Å²) in [6.07, 6.45) is 4.07. The molecular weight excluding hydrogens is 314 g/mol. The molecule has 2 aromatic heterocycles. The van der Waals surface area contributed by atoms with E-state index < -0.39 is 0 Å². The number of carbonyl (C=O) groups excluding carboxylic acids is 1. The molecular formula is C20H19N3O2. The minimum Gasteiger partial charge on any atom is -0.481 e. The summed E-state index contributed by atoms with van der Waals surface area (Å²) in [5.41, 5.74) is 5.39. The summed E-state index contributed by atoms with van der Waals surface area (Å²) in [6.45, 7) is 0. The zero-order valence-electron chi connectivity index (χ0n) is 14.0. The third kappa shape index (κ3) is 2.89. The van der Waals surface area contributed by atoms with Gasteiger partial charge >= 0.3 is 0 Å². The van der Waals surface area contributed by atoms with Crippen molar-refractivity contribution in [1.29, 1.82) is 0 Å². The van der Waals surface area contributed by atoms with Crippen LogP contribution in [0.15, 0.2) is 48.7 Å². The number of Topliss-reactive ketones (excluding diaryl/α,β-unsaturated/α-hetero) is 1. The molecule has 25 heavy (non-hydrogen) atoms. The van der Waals surface area contributed by atoms with Gasteiger partial charge in [0.25, 0.3) is 0 Å². The third-order valence-corrected chi connectivity index (χ3v) is 4.46. The number of pyridine rings is 1. The minimum absolute atomic E-state index is 0.184. The van der Waals surface area contributed by atoms with Gasteiger partial charge < -0.3 is 15.0 Å². The van der Waals surface area contributed by atoms with Crippen LogP contribution in [0.3, 0.4) is 0 Å². The van der Waals surface area contributed by atoms with Crippen LogP contribution in [-0.4, -0.2) is 22.9 Å². The van der Waals surface area contributed by atoms with Crippen LogP contribution in [0.2, 0.25) is 0 Å². The van der Waals surface area contributed by atoms with Crippen molar-refractivity contribution in [1.82, 2.24) is 9.97 Å². The molecule has 0 saturated carbocycles. The van der Waals surface area contributed by atoms with E-state index in [1.807, 2.05) is 42.5 Å². The highest BCUT2D eigenvalue weighted by atomic mass is 16.5. The number of fused-ring (bicyclic) bond motifs is 1. The maximum atomic E-state index is 12.6. The summed E-state index contributed by atoms with van der Waals surface area (Å²) in [5, 5.41) is 3.43. The number of rotatable bonds is 4. The molecule has 0 aliphatic heterocycles. The van der Waals surface area contributed by atoms with Crippen LogP contribution in [0.25, 0.3) is 11.3 Å². The standard InChI is InChI=1S/C20H19N3O2/c1-25-17-12-13(10-11-21-17)19-20(22-14-6-3-2-4-7-14)18-15(23-19)8-5-9-16(18)24/h2-4,6-7,10-12,22-23H,5,8-9H2,1H3. The number of nitrogens with one attached hydrogen (secondary N) is 2. The molecule has 0 saturated heterocycles. The first-order valence-electron chi connectivity index (χ1n) is 8.37. The molecule has 0 spiro atoms. The lowest BCUT2D eigenvalue weighted by atomic mass is 9.95. The summed E-state index contributed by atoms with van der Waals surface area (Å²) < 4.78 is 5.25. The van der Waals surface area contributed by atoms with Crippen LogP contribution < -0.4 is 10.1 Å². The summed E-state index contributed by atoms with van der Waals surface area (Å²) in [6, 6.07) is 13.7. The molecule has 0 radical (unpaired) electrons. The lowest BCUT2D eigenvalue weighted by molar-refractivity contribution is 0.0973. The van der Waals surface area contributed by atoms with Crippen molar-refractivity contribution in [3.05, 3.63) is 59.9 Å². The topological polar surface area (TPSA) is 67.0 Å². The highest BCUT2D eigenvalue weighted by Gasteiger charge is 2.27. The Bertz CT molecular complexity index is 916. The lowest BCUT2D eigenvalue weighted by Gasteiger charge is -2.13. The zero-order valence-corrected chi connectivity index (χ0v) is 14.0. The van der Waals surface area contributed by atoms with E-state index in [9.17, 15) is 4.79 Å². The van der Waals surface area contributed by atoms with Crippen molar-refractivity contribution in [3.8, 4) is 17.1 Å². The molecule has 0 unspecified atom stereocenters. The molecule has 126 valence electrons. The van der Waals surface area contributed by atoms with Crippen molar-refractivity contribution in [2.45, 2.75) is 19.3 Å². The van der Waals surface area contributed by atoms with Crippen molar-refractivity contribution in [2.75, 3.05) is 12.4 Å². The maximum Gasteiger partial charge on any atom is 0.213 e. The van der Waals surface area contributed by atoms with Crippen LogP contribution in [0.4, 0.5) is 11.4 Å². The first-order chi connectivity index (χ1) is 12.3. The number of para-hydroxylation sites is 1. The van der Waals surface area contributed by atoms with Crippen LogP contribution in [0, 0.1) is 0 Å². The smallest absolute Gasteiger partial charge is 0.213 e. The molecule has 5 nitrogen and oxygen atoms in total. The van der Waals surface area contributed by atoms with Gasteiger partial charge in [-0.1, -0.05) is 18.2 Å². The van der Waals surface area contributed by atoms with E-state index in [0.717, 1.165) is 46.7 Å². The number of H-pyrrole nitrogens is 1. The van der Waals surface area contributed by atoms with Crippen LogP contribution in [0.5, 0.6) is 5.88 Å². The SMILES string of the molecule is COc1cc(-c2[nH]c3c(c2Nc2ccccc2)C(=O)CCC3)ccn1. The van der Waals surface area contributed by atoms with E-state index in [-0.39, 0.29) is 5.78 Å². The number of aromatic amines is 1. The molecule has 1 aromatic carbocycles. The van der Waals surface area contributed by atoms with Crippen molar-refractivity contribution >= 4 is 17.2 Å². The fraction of sp³-hybridized carbons (Fsp3) is 0.200. The van der Waals surface area contributed by atoms with Gasteiger partial charge in [0, 0.05) is 35.6 Å². The van der Waals surface area contributed by atoms with E-state index in [1.54, 1.807) is 13.3 Å². The van der Waals surface area contributed by atoms with Gasteiger partial charge in [-0.3, -0.25) is 4.79 Å². The predicted molar refractivity (Wildman–Crippen MR) is 97.6 cm³/mol. The Morgan fingerprint density at radius 3 is 2.80 bits per heavy atom. The van der Waals surface area contributed by atoms with Gasteiger partial charge in [-0.05, 0) is 31.0 Å². The molecule has 5 heteroatoms. The average molecular weight is 333 g/mol. The normalized spacial score (nSPS) is 13.4. The molecule has 0 atom stereocenters. The van der Waals surface area contributed by atoms with E-state index in [2.05, 4.69) is 15.3 Å². The molecule has 2 N–H and O–H groups in total. The second kappa shape index (κ2) is 6.43. The van der Waals surface area contributed by atoms with Gasteiger partial charge in [-0.15, -0.1) is 0 Å². The van der Waals surface area contributed by atoms with E-state index >= 15 is 0 Å². The molecule has 2 heterocycles. The summed E-state index contributed by atoms with van der Waals surface area (Å²) in [4.78, 5) is 20.2. The Kier molecular flexibility index (Phi) is 3.98. The molecule has 4 rings (SSSR count). The number of hydrogen-bond acceptors (Lipinski definition) is 4. The molecule has 0 bridgehead atoms. The predicted octanol–water partition coefficient (Wildman–Crippen LogP) is 4.35. The largest absolute Gasteiger partial charge is 0.481 e. The summed E-state index contributed by atoms with van der Waals surface area (Å²) in [5.74, 6) is 0.727. The van der Waals surface area contributed by atoms with Gasteiger partial charge in [0.05, 0.1) is 24.1 Å². The number of ether oxygens (including phenoxy) is 1. The number of aryl methyl sites for hydroxylation is 1. The van der Waals surface area contributed by atoms with Crippen LogP contribution in [0.1, 0.15) is 28.9 Å². The second-order valence-electron chi connectivity index (χ2n) is 6.08. The third-order valence-electron chi connectivity index (χ3n) is 4.46. The molecule has 3 aromatic rings. The van der Waals surface area contributed by atoms with Crippen molar-refractivity contribution in [3.63, 3.8) is 0 Å². The first kappa shape index (κ1) is 15.4. The Morgan fingerprint density at radius 2 is 2.00 bits per heavy atom. The molecule has 0 amide bonds. The molecule has 1 aliphatic carbocycles. The van der Waals surface area contributed by atoms with E-state index in [1.165, 1.54) is 0 Å². The summed E-state index contributed by atoms with van der Waals surface area (Å²) in [7, 11) is 1.60. The highest BCUT2D eigenvalue weighted by Crippen LogP contribution is 2.39. The number of aromatic nitrogens is 2. The number of ketones is 1. The number of anilines is 2. The van der Waals surface area contributed by atoms with Crippen LogP contribution >= 0.6 is 0 Å². The van der Waals surface area contributed by atoms with Gasteiger partial charge in [0.15, 0.2) is 5.78 Å². The lowest BCUT2D eigenvalue weighted by Crippen LogP contribution is -2.10. The maximum absolute atomic E-state index is 12.6. The Labute approximate surface area is 146 Å². The van der Waals surface area contributed by atoms with E-state index in [0.29, 0.717) is 12.3 Å². The van der Waals surface area contributed by atoms with Gasteiger partial charge in [-0.25, -0.2) is 4.98 Å². The fourth-order valence-corrected chi connectivity index (χ4v) is 3.28. The van der Waals surface area contributed by atoms with Crippen molar-refractivity contribution in [2.24, 2.45) is 0 Å². The number of benzene rings is 1. The zero-order chi connectivity index (χ0) is 17.2.